The van der Waals surface area contributed by atoms with E-state index in [-0.39, 0.29) is 11.8 Å². The third-order valence-electron chi connectivity index (χ3n) is 5.27. The topological polar surface area (TPSA) is 67.3 Å². The van der Waals surface area contributed by atoms with Gasteiger partial charge < -0.3 is 15.0 Å². The maximum absolute atomic E-state index is 12.8. The molecule has 4 rings (SSSR count). The van der Waals surface area contributed by atoms with Crippen LogP contribution in [0.4, 0.5) is 11.5 Å². The first-order valence-electron chi connectivity index (χ1n) is 9.90. The number of nitrogens with zero attached hydrogens (tertiary/aromatic N) is 3. The second kappa shape index (κ2) is 9.26. The highest BCUT2D eigenvalue weighted by Crippen LogP contribution is 2.27. The summed E-state index contributed by atoms with van der Waals surface area (Å²) in [6, 6.07) is 17.4. The Morgan fingerprint density at radius 1 is 1.13 bits per heavy atom. The molecule has 0 bridgehead atoms. The fourth-order valence-electron chi connectivity index (χ4n) is 3.62. The molecule has 2 aromatic carbocycles. The van der Waals surface area contributed by atoms with E-state index in [0.29, 0.717) is 6.54 Å². The van der Waals surface area contributed by atoms with Crippen LogP contribution >= 0.6 is 15.9 Å². The number of nitrogens with one attached hydrogen (secondary N) is 1. The van der Waals surface area contributed by atoms with Gasteiger partial charge in [0.1, 0.15) is 17.9 Å². The Morgan fingerprint density at radius 3 is 2.63 bits per heavy atom. The van der Waals surface area contributed by atoms with Gasteiger partial charge >= 0.3 is 0 Å². The lowest BCUT2D eigenvalue weighted by molar-refractivity contribution is -0.120. The van der Waals surface area contributed by atoms with Gasteiger partial charge in [0, 0.05) is 34.9 Å². The molecule has 1 aliphatic rings. The maximum atomic E-state index is 12.8. The SMILES string of the molecule is COc1ccc(-c2cc(N3CCCC(C(=O)Nc4ccc(Br)cc4)C3)ncn2)cc1. The van der Waals surface area contributed by atoms with Gasteiger partial charge in [0.2, 0.25) is 5.91 Å². The highest BCUT2D eigenvalue weighted by molar-refractivity contribution is 9.10. The number of carbonyl (C=O) groups excluding carboxylic acids is 1. The van der Waals surface area contributed by atoms with E-state index >= 15 is 0 Å². The largest absolute Gasteiger partial charge is 0.497 e. The minimum absolute atomic E-state index is 0.0476. The molecule has 1 fully saturated rings. The van der Waals surface area contributed by atoms with Gasteiger partial charge in [-0.3, -0.25) is 4.79 Å². The molecule has 0 spiro atoms. The highest BCUT2D eigenvalue weighted by Gasteiger charge is 2.27. The second-order valence-electron chi connectivity index (χ2n) is 7.27. The van der Waals surface area contributed by atoms with Crippen LogP contribution in [-0.2, 0) is 4.79 Å². The van der Waals surface area contributed by atoms with Crippen molar-refractivity contribution in [1.29, 1.82) is 0 Å². The molecule has 1 unspecified atom stereocenters. The van der Waals surface area contributed by atoms with Crippen LogP contribution in [0.5, 0.6) is 5.75 Å². The van der Waals surface area contributed by atoms with Gasteiger partial charge in [-0.05, 0) is 61.4 Å². The Labute approximate surface area is 184 Å². The fourth-order valence-corrected chi connectivity index (χ4v) is 3.88. The normalized spacial score (nSPS) is 16.2. The van der Waals surface area contributed by atoms with Gasteiger partial charge in [0.25, 0.3) is 0 Å². The number of amides is 1. The number of methoxy groups -OCH3 is 1. The standard InChI is InChI=1S/C23H23BrN4O2/c1-30-20-10-4-16(5-11-20)21-13-22(26-15-25-21)28-12-2-3-17(14-28)23(29)27-19-8-6-18(24)7-9-19/h4-11,13,15,17H,2-3,12,14H2,1H3,(H,27,29). The molecule has 1 aromatic heterocycles. The van der Waals surface area contributed by atoms with E-state index in [0.717, 1.165) is 52.4 Å². The zero-order valence-electron chi connectivity index (χ0n) is 16.7. The molecule has 154 valence electrons. The molecule has 1 atom stereocenters. The predicted molar refractivity (Wildman–Crippen MR) is 122 cm³/mol. The molecule has 0 saturated carbocycles. The van der Waals surface area contributed by atoms with Crippen LogP contribution in [0.25, 0.3) is 11.3 Å². The van der Waals surface area contributed by atoms with E-state index < -0.39 is 0 Å². The number of halogens is 1. The number of carbonyl (C=O) groups is 1. The first kappa shape index (κ1) is 20.3. The minimum Gasteiger partial charge on any atom is -0.497 e. The van der Waals surface area contributed by atoms with Crippen LogP contribution < -0.4 is 15.0 Å². The van der Waals surface area contributed by atoms with Gasteiger partial charge in [0.15, 0.2) is 0 Å². The average molecular weight is 467 g/mol. The molecule has 2 heterocycles. The zero-order valence-corrected chi connectivity index (χ0v) is 18.3. The Bertz CT molecular complexity index is 1010. The van der Waals surface area contributed by atoms with Gasteiger partial charge in [-0.2, -0.15) is 0 Å². The van der Waals surface area contributed by atoms with Crippen LogP contribution in [-0.4, -0.2) is 36.1 Å². The molecule has 0 aliphatic carbocycles. The summed E-state index contributed by atoms with van der Waals surface area (Å²) in [5, 5.41) is 3.03. The van der Waals surface area contributed by atoms with E-state index in [1.807, 2.05) is 54.6 Å². The van der Waals surface area contributed by atoms with Crippen molar-refractivity contribution >= 4 is 33.3 Å². The van der Waals surface area contributed by atoms with Crippen LogP contribution in [0.2, 0.25) is 0 Å². The molecule has 0 radical (unpaired) electrons. The van der Waals surface area contributed by atoms with E-state index in [1.165, 1.54) is 0 Å². The maximum Gasteiger partial charge on any atom is 0.229 e. The van der Waals surface area contributed by atoms with Crippen molar-refractivity contribution in [3.8, 4) is 17.0 Å². The third-order valence-corrected chi connectivity index (χ3v) is 5.80. The summed E-state index contributed by atoms with van der Waals surface area (Å²) >= 11 is 3.41. The van der Waals surface area contributed by atoms with Crippen molar-refractivity contribution in [3.05, 3.63) is 65.4 Å². The summed E-state index contributed by atoms with van der Waals surface area (Å²) in [4.78, 5) is 23.8. The quantitative estimate of drug-likeness (QED) is 0.586. The Morgan fingerprint density at radius 2 is 1.90 bits per heavy atom. The first-order valence-corrected chi connectivity index (χ1v) is 10.7. The molecule has 6 nitrogen and oxygen atoms in total. The van der Waals surface area contributed by atoms with Crippen LogP contribution in [0.3, 0.4) is 0 Å². The lowest BCUT2D eigenvalue weighted by Gasteiger charge is -2.33. The summed E-state index contributed by atoms with van der Waals surface area (Å²) in [5.74, 6) is 1.62. The van der Waals surface area contributed by atoms with Gasteiger partial charge in [-0.25, -0.2) is 9.97 Å². The Hall–Kier alpha value is -2.93. The van der Waals surface area contributed by atoms with Crippen molar-refractivity contribution < 1.29 is 9.53 Å². The number of hydrogen-bond acceptors (Lipinski definition) is 5. The first-order chi connectivity index (χ1) is 14.6. The number of hydrogen-bond donors (Lipinski definition) is 1. The van der Waals surface area contributed by atoms with Crippen molar-refractivity contribution in [2.45, 2.75) is 12.8 Å². The molecule has 3 aromatic rings. The monoisotopic (exact) mass is 466 g/mol. The fraction of sp³-hybridized carbons (Fsp3) is 0.261. The molecule has 30 heavy (non-hydrogen) atoms. The van der Waals surface area contributed by atoms with Crippen LogP contribution in [0.1, 0.15) is 12.8 Å². The molecular formula is C23H23BrN4O2. The average Bonchev–Trinajstić information content (AvgIpc) is 2.81. The van der Waals surface area contributed by atoms with Crippen LogP contribution in [0.15, 0.2) is 65.4 Å². The molecular weight excluding hydrogens is 444 g/mol. The van der Waals surface area contributed by atoms with Crippen molar-refractivity contribution in [1.82, 2.24) is 9.97 Å². The van der Waals surface area contributed by atoms with E-state index in [1.54, 1.807) is 13.4 Å². The van der Waals surface area contributed by atoms with Crippen molar-refractivity contribution in [3.63, 3.8) is 0 Å². The summed E-state index contributed by atoms with van der Waals surface area (Å²) in [5.41, 5.74) is 2.66. The third kappa shape index (κ3) is 4.79. The van der Waals surface area contributed by atoms with Gasteiger partial charge in [-0.15, -0.1) is 0 Å². The van der Waals surface area contributed by atoms with E-state index in [2.05, 4.69) is 36.1 Å². The number of anilines is 2. The summed E-state index contributed by atoms with van der Waals surface area (Å²) in [6.07, 6.45) is 3.40. The summed E-state index contributed by atoms with van der Waals surface area (Å²) in [6.45, 7) is 1.52. The molecule has 1 amide bonds. The number of ether oxygens (including phenoxy) is 1. The lowest BCUT2D eigenvalue weighted by atomic mass is 9.97. The second-order valence-corrected chi connectivity index (χ2v) is 8.19. The molecule has 7 heteroatoms. The lowest BCUT2D eigenvalue weighted by Crippen LogP contribution is -2.41. The molecule has 1 saturated heterocycles. The van der Waals surface area contributed by atoms with Crippen LogP contribution in [0, 0.1) is 5.92 Å². The Kier molecular flexibility index (Phi) is 6.28. The summed E-state index contributed by atoms with van der Waals surface area (Å²) < 4.78 is 6.21. The Balaban J connectivity index is 1.46. The smallest absolute Gasteiger partial charge is 0.229 e. The summed E-state index contributed by atoms with van der Waals surface area (Å²) in [7, 11) is 1.65. The highest BCUT2D eigenvalue weighted by atomic mass is 79.9. The molecule has 1 N–H and O–H groups in total. The molecule has 1 aliphatic heterocycles. The van der Waals surface area contributed by atoms with Crippen molar-refractivity contribution in [2.24, 2.45) is 5.92 Å². The number of piperidine rings is 1. The van der Waals surface area contributed by atoms with E-state index in [9.17, 15) is 4.79 Å². The number of benzene rings is 2. The number of aromatic nitrogens is 2. The minimum atomic E-state index is -0.0817. The number of rotatable bonds is 5. The zero-order chi connectivity index (χ0) is 20.9. The van der Waals surface area contributed by atoms with E-state index in [4.69, 9.17) is 4.74 Å². The van der Waals surface area contributed by atoms with Gasteiger partial charge in [-0.1, -0.05) is 15.9 Å². The van der Waals surface area contributed by atoms with Gasteiger partial charge in [0.05, 0.1) is 18.7 Å². The predicted octanol–water partition coefficient (Wildman–Crippen LogP) is 4.77. The van der Waals surface area contributed by atoms with Crippen molar-refractivity contribution in [2.75, 3.05) is 30.4 Å².